The van der Waals surface area contributed by atoms with Crippen molar-refractivity contribution in [3.63, 3.8) is 0 Å². The highest BCUT2D eigenvalue weighted by atomic mass is 127. The van der Waals surface area contributed by atoms with Gasteiger partial charge < -0.3 is 10.6 Å². The molecule has 122 valence electrons. The van der Waals surface area contributed by atoms with Gasteiger partial charge in [0.25, 0.3) is 0 Å². The van der Waals surface area contributed by atoms with E-state index in [-0.39, 0.29) is 24.0 Å². The zero-order chi connectivity index (χ0) is 15.1. The molecule has 0 spiro atoms. The van der Waals surface area contributed by atoms with Crippen LogP contribution in [0.4, 0.5) is 0 Å². The fourth-order valence-corrected chi connectivity index (χ4v) is 3.97. The summed E-state index contributed by atoms with van der Waals surface area (Å²) in [4.78, 5) is 10.0. The third kappa shape index (κ3) is 6.93. The van der Waals surface area contributed by atoms with E-state index in [1.807, 2.05) is 6.92 Å². The van der Waals surface area contributed by atoms with Gasteiger partial charge in [-0.2, -0.15) is 0 Å². The Bertz CT molecular complexity index is 549. The van der Waals surface area contributed by atoms with Crippen molar-refractivity contribution in [2.75, 3.05) is 20.1 Å². The van der Waals surface area contributed by atoms with Crippen LogP contribution in [0.1, 0.15) is 15.6 Å². The Morgan fingerprint density at radius 3 is 2.55 bits per heavy atom. The van der Waals surface area contributed by atoms with Crippen LogP contribution >= 0.6 is 62.6 Å². The maximum atomic E-state index is 4.45. The van der Waals surface area contributed by atoms with Crippen LogP contribution in [-0.4, -0.2) is 31.1 Å². The summed E-state index contributed by atoms with van der Waals surface area (Å²) in [5.74, 6) is 0.845. The van der Waals surface area contributed by atoms with Crippen LogP contribution in [0, 0.1) is 6.92 Å². The van der Waals surface area contributed by atoms with Crippen LogP contribution < -0.4 is 10.6 Å². The summed E-state index contributed by atoms with van der Waals surface area (Å²) < 4.78 is 1.18. The van der Waals surface area contributed by atoms with Crippen molar-refractivity contribution in [1.82, 2.24) is 15.6 Å². The molecule has 0 fully saturated rings. The third-order valence-corrected chi connectivity index (χ3v) is 5.36. The van der Waals surface area contributed by atoms with E-state index in [1.165, 1.54) is 8.66 Å². The number of guanidine groups is 1. The lowest BCUT2D eigenvalue weighted by Crippen LogP contribution is -2.39. The zero-order valence-corrected chi connectivity index (χ0v) is 18.1. The Balaban J connectivity index is 0.00000242. The molecule has 8 heteroatoms. The molecule has 0 aromatic carbocycles. The summed E-state index contributed by atoms with van der Waals surface area (Å²) in [5.41, 5.74) is 1.14. The van der Waals surface area contributed by atoms with Gasteiger partial charge in [-0.05, 0) is 41.4 Å². The molecule has 0 aliphatic heterocycles. The van der Waals surface area contributed by atoms with Gasteiger partial charge in [-0.25, -0.2) is 4.98 Å². The summed E-state index contributed by atoms with van der Waals surface area (Å²) in [5, 5.41) is 9.88. The molecule has 0 atom stereocenters. The lowest BCUT2D eigenvalue weighted by Gasteiger charge is -2.10. The quantitative estimate of drug-likeness (QED) is 0.350. The molecule has 2 heterocycles. The molecule has 0 radical (unpaired) electrons. The van der Waals surface area contributed by atoms with Crippen LogP contribution in [0.2, 0.25) is 0 Å². The Hall–Kier alpha value is -0.190. The van der Waals surface area contributed by atoms with Gasteiger partial charge in [-0.1, -0.05) is 0 Å². The summed E-state index contributed by atoms with van der Waals surface area (Å²) in [6.45, 7) is 3.75. The molecule has 4 nitrogen and oxygen atoms in total. The summed E-state index contributed by atoms with van der Waals surface area (Å²) in [6, 6.07) is 4.24. The largest absolute Gasteiger partial charge is 0.356 e. The van der Waals surface area contributed by atoms with E-state index in [0.29, 0.717) is 0 Å². The first kappa shape index (κ1) is 19.9. The van der Waals surface area contributed by atoms with Crippen molar-refractivity contribution in [3.8, 4) is 0 Å². The van der Waals surface area contributed by atoms with Crippen LogP contribution in [0.15, 0.2) is 26.3 Å². The van der Waals surface area contributed by atoms with Crippen LogP contribution in [0.3, 0.4) is 0 Å². The van der Waals surface area contributed by atoms with Gasteiger partial charge >= 0.3 is 0 Å². The SMILES string of the molecule is CN=C(NCCc1csc(C)n1)NCCc1ccc(Br)s1.I. The zero-order valence-electron chi connectivity index (χ0n) is 12.6. The fraction of sp³-hybridized carbons (Fsp3) is 0.429. The minimum absolute atomic E-state index is 0. The van der Waals surface area contributed by atoms with Crippen molar-refractivity contribution in [2.24, 2.45) is 4.99 Å². The lowest BCUT2D eigenvalue weighted by atomic mass is 10.3. The second-order valence-electron chi connectivity index (χ2n) is 4.49. The molecule has 0 unspecified atom stereocenters. The standard InChI is InChI=1S/C14H19BrN4S2.HI/c1-10-19-11(9-20-10)5-7-17-14(16-2)18-8-6-12-3-4-13(15)21-12;/h3-4,9H,5-8H2,1-2H3,(H2,16,17,18);1H. The van der Waals surface area contributed by atoms with E-state index < -0.39 is 0 Å². The molecule has 22 heavy (non-hydrogen) atoms. The smallest absolute Gasteiger partial charge is 0.191 e. The van der Waals surface area contributed by atoms with E-state index in [4.69, 9.17) is 0 Å². The number of aromatic nitrogens is 1. The summed E-state index contributed by atoms with van der Waals surface area (Å²) >= 11 is 6.95. The molecular weight excluding hydrogens is 495 g/mol. The lowest BCUT2D eigenvalue weighted by molar-refractivity contribution is 0.780. The molecule has 2 aromatic rings. The van der Waals surface area contributed by atoms with E-state index in [9.17, 15) is 0 Å². The molecule has 0 saturated heterocycles. The number of thiazole rings is 1. The van der Waals surface area contributed by atoms with Gasteiger partial charge in [0.05, 0.1) is 14.5 Å². The highest BCUT2D eigenvalue weighted by molar-refractivity contribution is 14.0. The number of aryl methyl sites for hydroxylation is 1. The first-order valence-electron chi connectivity index (χ1n) is 6.77. The average Bonchev–Trinajstić information content (AvgIpc) is 3.06. The summed E-state index contributed by atoms with van der Waals surface area (Å²) in [6.07, 6.45) is 1.92. The minimum atomic E-state index is 0. The highest BCUT2D eigenvalue weighted by Gasteiger charge is 2.01. The molecule has 2 rings (SSSR count). The van der Waals surface area contributed by atoms with Crippen molar-refractivity contribution in [3.05, 3.63) is 36.9 Å². The van der Waals surface area contributed by atoms with Crippen molar-refractivity contribution >= 4 is 68.5 Å². The third-order valence-electron chi connectivity index (χ3n) is 2.86. The number of thiophene rings is 1. The second-order valence-corrected chi connectivity index (χ2v) is 8.10. The molecule has 0 bridgehead atoms. The summed E-state index contributed by atoms with van der Waals surface area (Å²) in [7, 11) is 1.80. The van der Waals surface area contributed by atoms with Gasteiger partial charge in [0, 0.05) is 36.8 Å². The maximum Gasteiger partial charge on any atom is 0.191 e. The van der Waals surface area contributed by atoms with E-state index >= 15 is 0 Å². The fourth-order valence-electron chi connectivity index (χ4n) is 1.84. The van der Waals surface area contributed by atoms with Gasteiger partial charge in [0.1, 0.15) is 0 Å². The van der Waals surface area contributed by atoms with Gasteiger partial charge in [0.15, 0.2) is 5.96 Å². The predicted octanol–water partition coefficient (Wildman–Crippen LogP) is 3.84. The topological polar surface area (TPSA) is 49.3 Å². The highest BCUT2D eigenvalue weighted by Crippen LogP contribution is 2.21. The first-order valence-corrected chi connectivity index (χ1v) is 9.26. The van der Waals surface area contributed by atoms with Crippen LogP contribution in [0.25, 0.3) is 0 Å². The Morgan fingerprint density at radius 2 is 2.00 bits per heavy atom. The van der Waals surface area contributed by atoms with Crippen LogP contribution in [-0.2, 0) is 12.8 Å². The number of nitrogens with zero attached hydrogens (tertiary/aromatic N) is 2. The van der Waals surface area contributed by atoms with Gasteiger partial charge in [0.2, 0.25) is 0 Å². The monoisotopic (exact) mass is 514 g/mol. The van der Waals surface area contributed by atoms with Crippen molar-refractivity contribution in [2.45, 2.75) is 19.8 Å². The van der Waals surface area contributed by atoms with E-state index in [2.05, 4.69) is 54.1 Å². The molecule has 0 amide bonds. The molecule has 2 N–H and O–H groups in total. The minimum Gasteiger partial charge on any atom is -0.356 e. The van der Waals surface area contributed by atoms with Gasteiger partial charge in [-0.15, -0.1) is 46.7 Å². The molecule has 0 aliphatic rings. The van der Waals surface area contributed by atoms with Gasteiger partial charge in [-0.3, -0.25) is 4.99 Å². The Labute approximate surface area is 165 Å². The molecule has 0 aliphatic carbocycles. The average molecular weight is 515 g/mol. The number of nitrogens with one attached hydrogen (secondary N) is 2. The second kappa shape index (κ2) is 10.6. The normalized spacial score (nSPS) is 11.1. The number of halogens is 2. The first-order chi connectivity index (χ1) is 10.2. The Morgan fingerprint density at radius 1 is 1.27 bits per heavy atom. The predicted molar refractivity (Wildman–Crippen MR) is 111 cm³/mol. The molecule has 0 saturated carbocycles. The van der Waals surface area contributed by atoms with Crippen molar-refractivity contribution < 1.29 is 0 Å². The van der Waals surface area contributed by atoms with Crippen LogP contribution in [0.5, 0.6) is 0 Å². The Kier molecular flexibility index (Phi) is 9.53. The molecular formula is C14H20BrIN4S2. The number of rotatable bonds is 6. The number of hydrogen-bond acceptors (Lipinski definition) is 4. The van der Waals surface area contributed by atoms with E-state index in [1.54, 1.807) is 29.7 Å². The van der Waals surface area contributed by atoms with Crippen molar-refractivity contribution in [1.29, 1.82) is 0 Å². The maximum absolute atomic E-state index is 4.45. The molecule has 2 aromatic heterocycles. The van der Waals surface area contributed by atoms with E-state index in [0.717, 1.165) is 42.6 Å². The number of hydrogen-bond donors (Lipinski definition) is 2. The number of aliphatic imine (C=N–C) groups is 1.